The molecule has 1 fully saturated rings. The van der Waals surface area contributed by atoms with Crippen molar-refractivity contribution in [3.8, 4) is 0 Å². The molecule has 1 aliphatic heterocycles. The molecule has 2 rings (SSSR count). The molecule has 3 atom stereocenters. The molecule has 3 unspecified atom stereocenters. The van der Waals surface area contributed by atoms with Crippen LogP contribution in [0.1, 0.15) is 56.7 Å². The smallest absolute Gasteiger partial charge is 0.246 e. The van der Waals surface area contributed by atoms with Gasteiger partial charge in [0.2, 0.25) is 11.8 Å². The number of nitrogens with one attached hydrogen (secondary N) is 1. The molecule has 21 heavy (non-hydrogen) atoms. The van der Waals surface area contributed by atoms with Crippen LogP contribution in [0, 0.1) is 13.8 Å². The highest BCUT2D eigenvalue weighted by atomic mass is 16.5. The van der Waals surface area contributed by atoms with E-state index in [9.17, 15) is 9.59 Å². The largest absolute Gasteiger partial charge is 0.361 e. The fourth-order valence-corrected chi connectivity index (χ4v) is 3.09. The van der Waals surface area contributed by atoms with Gasteiger partial charge in [-0.25, -0.2) is 0 Å². The van der Waals surface area contributed by atoms with Gasteiger partial charge in [-0.2, -0.15) is 0 Å². The number of rotatable bonds is 4. The first-order valence-electron chi connectivity index (χ1n) is 7.43. The Kier molecular flexibility index (Phi) is 4.34. The first-order valence-corrected chi connectivity index (χ1v) is 7.43. The molecule has 0 bridgehead atoms. The fourth-order valence-electron chi connectivity index (χ4n) is 3.09. The van der Waals surface area contributed by atoms with Gasteiger partial charge in [0.05, 0.1) is 11.7 Å². The van der Waals surface area contributed by atoms with Crippen LogP contribution in [0.4, 0.5) is 0 Å². The van der Waals surface area contributed by atoms with Crippen LogP contribution in [0.25, 0.3) is 0 Å². The first-order chi connectivity index (χ1) is 9.88. The standard InChI is InChI=1S/C15H23N3O3/c1-6-7-12-15(20)18(10(4)14(19)16-12)9(3)13-8(2)17-21-11(13)5/h9-10,12H,6-7H2,1-5H3,(H,16,19). The van der Waals surface area contributed by atoms with Crippen molar-refractivity contribution in [3.63, 3.8) is 0 Å². The van der Waals surface area contributed by atoms with Crippen LogP contribution in [0.5, 0.6) is 0 Å². The minimum absolute atomic E-state index is 0.0311. The Bertz CT molecular complexity index is 533. The van der Waals surface area contributed by atoms with Crippen LogP contribution in [-0.2, 0) is 9.59 Å². The third-order valence-electron chi connectivity index (χ3n) is 4.17. The van der Waals surface area contributed by atoms with E-state index >= 15 is 0 Å². The average molecular weight is 293 g/mol. The molecular formula is C15H23N3O3. The van der Waals surface area contributed by atoms with Gasteiger partial charge >= 0.3 is 0 Å². The number of carbonyl (C=O) groups excluding carboxylic acids is 2. The molecule has 0 radical (unpaired) electrons. The second-order valence-corrected chi connectivity index (χ2v) is 5.69. The predicted molar refractivity (Wildman–Crippen MR) is 77.5 cm³/mol. The Morgan fingerprint density at radius 1 is 1.38 bits per heavy atom. The Morgan fingerprint density at radius 2 is 2.05 bits per heavy atom. The summed E-state index contributed by atoms with van der Waals surface area (Å²) in [5.41, 5.74) is 1.65. The van der Waals surface area contributed by atoms with E-state index in [1.54, 1.807) is 11.8 Å². The maximum Gasteiger partial charge on any atom is 0.246 e. The zero-order valence-corrected chi connectivity index (χ0v) is 13.3. The first kappa shape index (κ1) is 15.5. The number of piperazine rings is 1. The lowest BCUT2D eigenvalue weighted by Gasteiger charge is -2.41. The molecule has 1 saturated heterocycles. The van der Waals surface area contributed by atoms with Gasteiger partial charge in [-0.15, -0.1) is 0 Å². The van der Waals surface area contributed by atoms with Crippen LogP contribution in [0.15, 0.2) is 4.52 Å². The summed E-state index contributed by atoms with van der Waals surface area (Å²) in [5, 5.41) is 6.75. The van der Waals surface area contributed by atoms with Gasteiger partial charge in [-0.3, -0.25) is 9.59 Å². The lowest BCUT2D eigenvalue weighted by atomic mass is 9.98. The van der Waals surface area contributed by atoms with E-state index in [0.717, 1.165) is 17.7 Å². The summed E-state index contributed by atoms with van der Waals surface area (Å²) < 4.78 is 5.19. The third-order valence-corrected chi connectivity index (χ3v) is 4.17. The monoisotopic (exact) mass is 293 g/mol. The molecule has 1 N–H and O–H groups in total. The Hall–Kier alpha value is -1.85. The number of aryl methyl sites for hydroxylation is 2. The Balaban J connectivity index is 2.34. The van der Waals surface area contributed by atoms with Gasteiger partial charge in [0.15, 0.2) is 0 Å². The molecule has 6 nitrogen and oxygen atoms in total. The van der Waals surface area contributed by atoms with Crippen molar-refractivity contribution in [2.45, 2.75) is 65.6 Å². The summed E-state index contributed by atoms with van der Waals surface area (Å²) in [6.45, 7) is 9.35. The zero-order valence-electron chi connectivity index (χ0n) is 13.3. The van der Waals surface area contributed by atoms with E-state index < -0.39 is 12.1 Å². The van der Waals surface area contributed by atoms with Crippen molar-refractivity contribution >= 4 is 11.8 Å². The molecular weight excluding hydrogens is 270 g/mol. The molecule has 1 aromatic heterocycles. The van der Waals surface area contributed by atoms with Gasteiger partial charge in [0.25, 0.3) is 0 Å². The normalized spacial score (nSPS) is 24.1. The zero-order chi connectivity index (χ0) is 15.7. The summed E-state index contributed by atoms with van der Waals surface area (Å²) >= 11 is 0. The number of aromatic nitrogens is 1. The van der Waals surface area contributed by atoms with Crippen LogP contribution in [0.3, 0.4) is 0 Å². The summed E-state index contributed by atoms with van der Waals surface area (Å²) in [5.74, 6) is 0.557. The molecule has 2 heterocycles. The van der Waals surface area contributed by atoms with Crippen molar-refractivity contribution in [3.05, 3.63) is 17.0 Å². The van der Waals surface area contributed by atoms with Gasteiger partial charge < -0.3 is 14.7 Å². The quantitative estimate of drug-likeness (QED) is 0.919. The van der Waals surface area contributed by atoms with Crippen molar-refractivity contribution in [2.75, 3.05) is 0 Å². The van der Waals surface area contributed by atoms with Gasteiger partial charge in [-0.05, 0) is 34.1 Å². The van der Waals surface area contributed by atoms with Gasteiger partial charge in [0, 0.05) is 5.56 Å². The maximum atomic E-state index is 12.7. The minimum Gasteiger partial charge on any atom is -0.361 e. The Labute approximate surface area is 124 Å². The van der Waals surface area contributed by atoms with E-state index in [0.29, 0.717) is 12.2 Å². The van der Waals surface area contributed by atoms with Crippen molar-refractivity contribution in [1.82, 2.24) is 15.4 Å². The van der Waals surface area contributed by atoms with E-state index in [1.165, 1.54) is 0 Å². The lowest BCUT2D eigenvalue weighted by molar-refractivity contribution is -0.151. The van der Waals surface area contributed by atoms with Crippen molar-refractivity contribution in [1.29, 1.82) is 0 Å². The topological polar surface area (TPSA) is 75.4 Å². The summed E-state index contributed by atoms with van der Waals surface area (Å²) in [7, 11) is 0. The predicted octanol–water partition coefficient (Wildman–Crippen LogP) is 1.87. The molecule has 1 aromatic rings. The van der Waals surface area contributed by atoms with Crippen LogP contribution < -0.4 is 5.32 Å². The average Bonchev–Trinajstić information content (AvgIpc) is 2.76. The highest BCUT2D eigenvalue weighted by Crippen LogP contribution is 2.30. The fraction of sp³-hybridized carbons (Fsp3) is 0.667. The van der Waals surface area contributed by atoms with E-state index in [2.05, 4.69) is 10.5 Å². The molecule has 0 saturated carbocycles. The molecule has 0 aromatic carbocycles. The SMILES string of the molecule is CCCC1NC(=O)C(C)N(C(C)c2c(C)noc2C)C1=O. The van der Waals surface area contributed by atoms with Crippen LogP contribution >= 0.6 is 0 Å². The van der Waals surface area contributed by atoms with Crippen LogP contribution in [-0.4, -0.2) is 34.0 Å². The molecule has 116 valence electrons. The van der Waals surface area contributed by atoms with E-state index in [-0.39, 0.29) is 17.9 Å². The Morgan fingerprint density at radius 3 is 2.57 bits per heavy atom. The maximum absolute atomic E-state index is 12.7. The molecule has 0 spiro atoms. The van der Waals surface area contributed by atoms with Crippen LogP contribution in [0.2, 0.25) is 0 Å². The molecule has 0 aliphatic carbocycles. The number of carbonyl (C=O) groups is 2. The minimum atomic E-state index is -0.491. The van der Waals surface area contributed by atoms with Crippen molar-refractivity contribution < 1.29 is 14.1 Å². The summed E-state index contributed by atoms with van der Waals surface area (Å²) in [6.07, 6.45) is 1.50. The van der Waals surface area contributed by atoms with E-state index in [4.69, 9.17) is 4.52 Å². The highest BCUT2D eigenvalue weighted by molar-refractivity contribution is 5.97. The van der Waals surface area contributed by atoms with Gasteiger partial charge in [-0.1, -0.05) is 18.5 Å². The second-order valence-electron chi connectivity index (χ2n) is 5.69. The summed E-state index contributed by atoms with van der Waals surface area (Å²) in [6, 6.07) is -1.15. The van der Waals surface area contributed by atoms with Crippen molar-refractivity contribution in [2.24, 2.45) is 0 Å². The molecule has 6 heteroatoms. The third kappa shape index (κ3) is 2.66. The lowest BCUT2D eigenvalue weighted by Crippen LogP contribution is -2.62. The summed E-state index contributed by atoms with van der Waals surface area (Å²) in [4.78, 5) is 26.5. The van der Waals surface area contributed by atoms with Gasteiger partial charge in [0.1, 0.15) is 17.8 Å². The highest BCUT2D eigenvalue weighted by Gasteiger charge is 2.41. The number of amides is 2. The second kappa shape index (κ2) is 5.87. The number of hydrogen-bond acceptors (Lipinski definition) is 4. The molecule has 1 aliphatic rings. The van der Waals surface area contributed by atoms with E-state index in [1.807, 2.05) is 27.7 Å². The number of hydrogen-bond donors (Lipinski definition) is 1. The molecule has 2 amide bonds. The number of nitrogens with zero attached hydrogens (tertiary/aromatic N) is 2.